The maximum atomic E-state index is 14.1. The highest BCUT2D eigenvalue weighted by atomic mass is 19.1. The molecule has 2 aromatic carbocycles. The Morgan fingerprint density at radius 1 is 1.15 bits per heavy atom. The van der Waals surface area contributed by atoms with E-state index in [2.05, 4.69) is 5.10 Å². The van der Waals surface area contributed by atoms with Crippen molar-refractivity contribution in [3.63, 3.8) is 0 Å². The van der Waals surface area contributed by atoms with Crippen LogP contribution in [0.1, 0.15) is 35.4 Å². The summed E-state index contributed by atoms with van der Waals surface area (Å²) in [6, 6.07) is 16.5. The molecule has 33 heavy (non-hydrogen) atoms. The Labute approximate surface area is 193 Å². The molecule has 0 aliphatic carbocycles. The first-order valence-corrected chi connectivity index (χ1v) is 11.2. The Hall–Kier alpha value is -3.48. The molecule has 4 rings (SSSR count). The molecular weight excluding hydrogens is 419 g/mol. The van der Waals surface area contributed by atoms with Crippen molar-refractivity contribution < 1.29 is 14.0 Å². The normalized spacial score (nSPS) is 16.2. The van der Waals surface area contributed by atoms with Gasteiger partial charge in [0, 0.05) is 44.4 Å². The molecule has 2 heterocycles. The van der Waals surface area contributed by atoms with E-state index in [-0.39, 0.29) is 30.1 Å². The fourth-order valence-electron chi connectivity index (χ4n) is 4.44. The van der Waals surface area contributed by atoms with Gasteiger partial charge in [-0.05, 0) is 50.1 Å². The Morgan fingerprint density at radius 2 is 1.94 bits per heavy atom. The number of amides is 2. The van der Waals surface area contributed by atoms with Crippen LogP contribution in [-0.2, 0) is 22.7 Å². The minimum absolute atomic E-state index is 0.00227. The molecule has 172 valence electrons. The third-order valence-corrected chi connectivity index (χ3v) is 6.13. The van der Waals surface area contributed by atoms with E-state index in [1.165, 1.54) is 6.07 Å². The van der Waals surface area contributed by atoms with Crippen LogP contribution in [0, 0.1) is 25.6 Å². The highest BCUT2D eigenvalue weighted by Gasteiger charge is 2.32. The Bertz CT molecular complexity index is 1170. The number of aromatic nitrogens is 2. The number of carbonyl (C=O) groups is 2. The van der Waals surface area contributed by atoms with Gasteiger partial charge >= 0.3 is 0 Å². The largest absolute Gasteiger partial charge is 0.341 e. The molecule has 0 spiro atoms. The maximum Gasteiger partial charge on any atom is 0.227 e. The van der Waals surface area contributed by atoms with Gasteiger partial charge in [-0.3, -0.25) is 9.59 Å². The highest BCUT2D eigenvalue weighted by molar-refractivity contribution is 5.83. The van der Waals surface area contributed by atoms with Crippen LogP contribution >= 0.6 is 0 Å². The van der Waals surface area contributed by atoms with Gasteiger partial charge in [-0.25, -0.2) is 9.07 Å². The number of carbonyl (C=O) groups excluding carboxylic acids is 2. The second-order valence-electron chi connectivity index (χ2n) is 8.80. The van der Waals surface area contributed by atoms with Gasteiger partial charge in [0.2, 0.25) is 11.8 Å². The summed E-state index contributed by atoms with van der Waals surface area (Å²) in [4.78, 5) is 28.9. The van der Waals surface area contributed by atoms with Crippen molar-refractivity contribution in [3.8, 4) is 5.69 Å². The lowest BCUT2D eigenvalue weighted by atomic mass is 9.95. The van der Waals surface area contributed by atoms with E-state index in [0.29, 0.717) is 31.5 Å². The van der Waals surface area contributed by atoms with Crippen molar-refractivity contribution in [2.75, 3.05) is 13.6 Å². The summed E-state index contributed by atoms with van der Waals surface area (Å²) >= 11 is 0. The molecule has 6 nitrogen and oxygen atoms in total. The summed E-state index contributed by atoms with van der Waals surface area (Å²) in [5.74, 6) is -0.669. The number of hydrogen-bond acceptors (Lipinski definition) is 3. The van der Waals surface area contributed by atoms with E-state index in [1.807, 2.05) is 48.9 Å². The molecule has 0 unspecified atom stereocenters. The minimum Gasteiger partial charge on any atom is -0.341 e. The van der Waals surface area contributed by atoms with Crippen LogP contribution in [0.2, 0.25) is 0 Å². The number of aryl methyl sites for hydroxylation is 2. The van der Waals surface area contributed by atoms with E-state index < -0.39 is 0 Å². The molecule has 2 amide bonds. The van der Waals surface area contributed by atoms with Gasteiger partial charge in [-0.15, -0.1) is 0 Å². The number of likely N-dealkylation sites (tertiary alicyclic amines) is 1. The molecule has 0 radical (unpaired) electrons. The summed E-state index contributed by atoms with van der Waals surface area (Å²) in [6.07, 6.45) is 0.813. The van der Waals surface area contributed by atoms with Crippen molar-refractivity contribution in [2.45, 2.75) is 39.8 Å². The summed E-state index contributed by atoms with van der Waals surface area (Å²) < 4.78 is 16.0. The second kappa shape index (κ2) is 9.57. The lowest BCUT2D eigenvalue weighted by Crippen LogP contribution is -2.45. The molecule has 1 atom stereocenters. The summed E-state index contributed by atoms with van der Waals surface area (Å²) in [5.41, 5.74) is 4.44. The first kappa shape index (κ1) is 22.7. The zero-order valence-electron chi connectivity index (χ0n) is 19.3. The molecule has 1 aromatic heterocycles. The standard InChI is InChI=1S/C26H29FN4O2/c1-18-13-19(2)31(28-18)23-9-6-7-20(14-23)15-29(3)26(33)22-11-12-25(32)30(17-22)16-21-8-4-5-10-24(21)27/h4-10,13-14,22H,11-12,15-17H2,1-3H3/t22-/m1/s1. The van der Waals surface area contributed by atoms with Crippen LogP contribution in [-0.4, -0.2) is 45.0 Å². The molecule has 1 saturated heterocycles. The van der Waals surface area contributed by atoms with Crippen molar-refractivity contribution in [2.24, 2.45) is 5.92 Å². The molecule has 7 heteroatoms. The zero-order chi connectivity index (χ0) is 23.5. The predicted molar refractivity (Wildman–Crippen MR) is 124 cm³/mol. The molecule has 1 fully saturated rings. The molecule has 1 aliphatic rings. The number of piperidine rings is 1. The molecule has 3 aromatic rings. The molecule has 0 saturated carbocycles. The van der Waals surface area contributed by atoms with Gasteiger partial charge in [-0.2, -0.15) is 5.10 Å². The van der Waals surface area contributed by atoms with Crippen LogP contribution < -0.4 is 0 Å². The van der Waals surface area contributed by atoms with E-state index in [9.17, 15) is 14.0 Å². The van der Waals surface area contributed by atoms with E-state index in [1.54, 1.807) is 35.0 Å². The van der Waals surface area contributed by atoms with Gasteiger partial charge in [0.05, 0.1) is 17.3 Å². The lowest BCUT2D eigenvalue weighted by molar-refractivity contribution is -0.143. The predicted octanol–water partition coefficient (Wildman–Crippen LogP) is 4.03. The second-order valence-corrected chi connectivity index (χ2v) is 8.80. The highest BCUT2D eigenvalue weighted by Crippen LogP contribution is 2.23. The SMILES string of the molecule is Cc1cc(C)n(-c2cccc(CN(C)C(=O)[C@@H]3CCC(=O)N(Cc4ccccc4F)C3)c2)n1. The average molecular weight is 449 g/mol. The molecular formula is C26H29FN4O2. The van der Waals surface area contributed by atoms with Gasteiger partial charge in [0.1, 0.15) is 5.82 Å². The topological polar surface area (TPSA) is 58.4 Å². The maximum absolute atomic E-state index is 14.1. The summed E-state index contributed by atoms with van der Waals surface area (Å²) in [7, 11) is 1.79. The van der Waals surface area contributed by atoms with Crippen LogP contribution in [0.5, 0.6) is 0 Å². The van der Waals surface area contributed by atoms with Crippen LogP contribution in [0.15, 0.2) is 54.6 Å². The quantitative estimate of drug-likeness (QED) is 0.572. The molecule has 1 aliphatic heterocycles. The Kier molecular flexibility index (Phi) is 6.58. The fourth-order valence-corrected chi connectivity index (χ4v) is 4.44. The Morgan fingerprint density at radius 3 is 2.67 bits per heavy atom. The van der Waals surface area contributed by atoms with E-state index in [0.717, 1.165) is 22.6 Å². The third kappa shape index (κ3) is 5.13. The van der Waals surface area contributed by atoms with E-state index >= 15 is 0 Å². The molecule has 0 bridgehead atoms. The summed E-state index contributed by atoms with van der Waals surface area (Å²) in [5, 5.41) is 4.54. The zero-order valence-corrected chi connectivity index (χ0v) is 19.3. The van der Waals surface area contributed by atoms with Crippen molar-refractivity contribution in [1.82, 2.24) is 19.6 Å². The number of rotatable bonds is 6. The van der Waals surface area contributed by atoms with Gasteiger partial charge in [0.15, 0.2) is 0 Å². The summed E-state index contributed by atoms with van der Waals surface area (Å²) in [6.45, 7) is 4.93. The van der Waals surface area contributed by atoms with Crippen molar-refractivity contribution >= 4 is 11.8 Å². The number of benzene rings is 2. The third-order valence-electron chi connectivity index (χ3n) is 6.13. The smallest absolute Gasteiger partial charge is 0.227 e. The first-order chi connectivity index (χ1) is 15.8. The number of hydrogen-bond donors (Lipinski definition) is 0. The van der Waals surface area contributed by atoms with Crippen molar-refractivity contribution in [3.05, 3.63) is 82.9 Å². The monoisotopic (exact) mass is 448 g/mol. The van der Waals surface area contributed by atoms with Gasteiger partial charge < -0.3 is 9.80 Å². The van der Waals surface area contributed by atoms with Crippen LogP contribution in [0.3, 0.4) is 0 Å². The minimum atomic E-state index is -0.335. The molecule has 0 N–H and O–H groups in total. The lowest BCUT2D eigenvalue weighted by Gasteiger charge is -2.34. The van der Waals surface area contributed by atoms with Crippen molar-refractivity contribution in [1.29, 1.82) is 0 Å². The Balaban J connectivity index is 1.43. The first-order valence-electron chi connectivity index (χ1n) is 11.2. The van der Waals surface area contributed by atoms with Crippen LogP contribution in [0.25, 0.3) is 5.69 Å². The average Bonchev–Trinajstić information content (AvgIpc) is 3.14. The van der Waals surface area contributed by atoms with Gasteiger partial charge in [-0.1, -0.05) is 30.3 Å². The fraction of sp³-hybridized carbons (Fsp3) is 0.346. The number of halogens is 1. The number of nitrogens with zero attached hydrogens (tertiary/aromatic N) is 4. The van der Waals surface area contributed by atoms with E-state index in [4.69, 9.17) is 0 Å². The van der Waals surface area contributed by atoms with Crippen LogP contribution in [0.4, 0.5) is 4.39 Å². The van der Waals surface area contributed by atoms with Gasteiger partial charge in [0.25, 0.3) is 0 Å².